The first-order chi connectivity index (χ1) is 13.0. The van der Waals surface area contributed by atoms with Crippen LogP contribution in [0.5, 0.6) is 0 Å². The third-order valence-electron chi connectivity index (χ3n) is 5.57. The molecule has 2 aromatic rings. The van der Waals surface area contributed by atoms with Crippen LogP contribution >= 0.6 is 0 Å². The van der Waals surface area contributed by atoms with E-state index in [2.05, 4.69) is 12.1 Å². The zero-order valence-electron chi connectivity index (χ0n) is 14.8. The van der Waals surface area contributed by atoms with Crippen molar-refractivity contribution in [1.82, 2.24) is 4.90 Å². The molecule has 4 nitrogen and oxygen atoms in total. The first kappa shape index (κ1) is 17.9. The Kier molecular flexibility index (Phi) is 4.60. The van der Waals surface area contributed by atoms with Crippen molar-refractivity contribution in [3.05, 3.63) is 59.7 Å². The van der Waals surface area contributed by atoms with Crippen molar-refractivity contribution in [2.75, 3.05) is 26.3 Å². The molecular formula is C21H21F2NO3. The fraction of sp³-hybridized carbons (Fsp3) is 0.381. The fourth-order valence-corrected chi connectivity index (χ4v) is 4.02. The second-order valence-corrected chi connectivity index (χ2v) is 7.14. The number of likely N-dealkylation sites (tertiary alicyclic amines) is 1. The number of halogens is 2. The lowest BCUT2D eigenvalue weighted by molar-refractivity contribution is -0.116. The van der Waals surface area contributed by atoms with Gasteiger partial charge in [0, 0.05) is 25.4 Å². The molecule has 2 aromatic carbocycles. The largest absolute Gasteiger partial charge is 0.448 e. The summed E-state index contributed by atoms with van der Waals surface area (Å²) < 4.78 is 33.0. The SMILES string of the molecule is O=C(OCC1c2ccccc2-c2ccccc21)N1CCC(F)(F)C(CO)C1. The predicted molar refractivity (Wildman–Crippen MR) is 96.8 cm³/mol. The molecule has 0 saturated carbocycles. The molecule has 27 heavy (non-hydrogen) atoms. The average Bonchev–Trinajstić information content (AvgIpc) is 3.00. The van der Waals surface area contributed by atoms with E-state index in [0.717, 1.165) is 22.3 Å². The monoisotopic (exact) mass is 373 g/mol. The van der Waals surface area contributed by atoms with Crippen LogP contribution in [0, 0.1) is 5.92 Å². The smallest absolute Gasteiger partial charge is 0.409 e. The number of aliphatic hydroxyl groups is 1. The molecule has 0 aromatic heterocycles. The van der Waals surface area contributed by atoms with Crippen LogP contribution in [-0.2, 0) is 4.74 Å². The van der Waals surface area contributed by atoms with Gasteiger partial charge in [-0.3, -0.25) is 0 Å². The minimum Gasteiger partial charge on any atom is -0.448 e. The molecule has 1 heterocycles. The van der Waals surface area contributed by atoms with Gasteiger partial charge in [-0.1, -0.05) is 48.5 Å². The van der Waals surface area contributed by atoms with Gasteiger partial charge in [-0.2, -0.15) is 0 Å². The van der Waals surface area contributed by atoms with E-state index in [0.29, 0.717) is 0 Å². The Morgan fingerprint density at radius 1 is 1.11 bits per heavy atom. The average molecular weight is 373 g/mol. The van der Waals surface area contributed by atoms with E-state index in [1.807, 2.05) is 36.4 Å². The summed E-state index contributed by atoms with van der Waals surface area (Å²) in [6, 6.07) is 16.0. The van der Waals surface area contributed by atoms with E-state index in [9.17, 15) is 18.7 Å². The number of hydrogen-bond acceptors (Lipinski definition) is 3. The van der Waals surface area contributed by atoms with Gasteiger partial charge in [-0.05, 0) is 22.3 Å². The van der Waals surface area contributed by atoms with E-state index in [1.165, 1.54) is 4.90 Å². The molecule has 1 aliphatic carbocycles. The van der Waals surface area contributed by atoms with Crippen LogP contribution in [0.4, 0.5) is 13.6 Å². The lowest BCUT2D eigenvalue weighted by Gasteiger charge is -2.37. The number of hydrogen-bond donors (Lipinski definition) is 1. The topological polar surface area (TPSA) is 49.8 Å². The standard InChI is InChI=1S/C21H21F2NO3/c22-21(23)9-10-24(11-14(21)12-25)20(26)27-13-19-17-7-3-1-5-15(17)16-6-2-4-8-18(16)19/h1-8,14,19,25H,9-13H2. The Hall–Kier alpha value is -2.47. The fourth-order valence-electron chi connectivity index (χ4n) is 4.02. The number of alkyl halides is 2. The lowest BCUT2D eigenvalue weighted by atomic mass is 9.94. The summed E-state index contributed by atoms with van der Waals surface area (Å²) in [6.45, 7) is -0.760. The molecule has 1 atom stereocenters. The quantitative estimate of drug-likeness (QED) is 0.888. The number of ether oxygens (including phenoxy) is 1. The van der Waals surface area contributed by atoms with Crippen molar-refractivity contribution < 1.29 is 23.4 Å². The van der Waals surface area contributed by atoms with Gasteiger partial charge in [0.05, 0.1) is 12.5 Å². The number of carbonyl (C=O) groups is 1. The number of fused-ring (bicyclic) bond motifs is 3. The molecule has 2 aliphatic rings. The Bertz CT molecular complexity index is 809. The summed E-state index contributed by atoms with van der Waals surface area (Å²) in [6.07, 6.45) is -1.06. The highest BCUT2D eigenvalue weighted by Crippen LogP contribution is 2.44. The van der Waals surface area contributed by atoms with E-state index in [4.69, 9.17) is 4.74 Å². The molecule has 0 radical (unpaired) electrons. The maximum Gasteiger partial charge on any atom is 0.409 e. The minimum atomic E-state index is -2.95. The Morgan fingerprint density at radius 3 is 2.30 bits per heavy atom. The van der Waals surface area contributed by atoms with Gasteiger partial charge in [0.15, 0.2) is 0 Å². The highest BCUT2D eigenvalue weighted by atomic mass is 19.3. The van der Waals surface area contributed by atoms with Gasteiger partial charge in [0.1, 0.15) is 6.61 Å². The molecule has 1 saturated heterocycles. The number of amides is 1. The molecule has 4 rings (SSSR count). The summed E-state index contributed by atoms with van der Waals surface area (Å²) in [5.74, 6) is -4.26. The van der Waals surface area contributed by atoms with Crippen LogP contribution in [0.2, 0.25) is 0 Å². The van der Waals surface area contributed by atoms with Crippen LogP contribution < -0.4 is 0 Å². The molecule has 0 spiro atoms. The normalized spacial score (nSPS) is 20.9. The van der Waals surface area contributed by atoms with Gasteiger partial charge in [-0.15, -0.1) is 0 Å². The van der Waals surface area contributed by atoms with Crippen molar-refractivity contribution in [2.24, 2.45) is 5.92 Å². The molecule has 1 fully saturated rings. The number of piperidine rings is 1. The van der Waals surface area contributed by atoms with Gasteiger partial charge >= 0.3 is 6.09 Å². The second-order valence-electron chi connectivity index (χ2n) is 7.14. The zero-order chi connectivity index (χ0) is 19.0. The third kappa shape index (κ3) is 3.18. The van der Waals surface area contributed by atoms with Gasteiger partial charge < -0.3 is 14.7 Å². The highest BCUT2D eigenvalue weighted by Gasteiger charge is 2.45. The Balaban J connectivity index is 1.47. The lowest BCUT2D eigenvalue weighted by Crippen LogP contribution is -2.50. The van der Waals surface area contributed by atoms with Gasteiger partial charge in [-0.25, -0.2) is 13.6 Å². The van der Waals surface area contributed by atoms with Gasteiger partial charge in [0.2, 0.25) is 0 Å². The molecule has 1 aliphatic heterocycles. The maximum atomic E-state index is 13.7. The van der Waals surface area contributed by atoms with Crippen molar-refractivity contribution in [3.8, 4) is 11.1 Å². The number of rotatable bonds is 3. The first-order valence-electron chi connectivity index (χ1n) is 9.10. The second kappa shape index (κ2) is 6.93. The summed E-state index contributed by atoms with van der Waals surface area (Å²) in [5, 5.41) is 9.19. The van der Waals surface area contributed by atoms with E-state index in [1.54, 1.807) is 0 Å². The molecular weight excluding hydrogens is 352 g/mol. The number of carbonyl (C=O) groups excluding carboxylic acids is 1. The molecule has 1 N–H and O–H groups in total. The van der Waals surface area contributed by atoms with Crippen molar-refractivity contribution in [2.45, 2.75) is 18.3 Å². The summed E-state index contributed by atoms with van der Waals surface area (Å²) in [7, 11) is 0. The van der Waals surface area contributed by atoms with Crippen molar-refractivity contribution in [1.29, 1.82) is 0 Å². The van der Waals surface area contributed by atoms with Crippen LogP contribution in [0.15, 0.2) is 48.5 Å². The number of nitrogens with zero attached hydrogens (tertiary/aromatic N) is 1. The van der Waals surface area contributed by atoms with Crippen LogP contribution in [-0.4, -0.2) is 48.3 Å². The van der Waals surface area contributed by atoms with Crippen LogP contribution in [0.25, 0.3) is 11.1 Å². The highest BCUT2D eigenvalue weighted by molar-refractivity contribution is 5.79. The minimum absolute atomic E-state index is 0.0683. The first-order valence-corrected chi connectivity index (χ1v) is 9.10. The Morgan fingerprint density at radius 2 is 1.70 bits per heavy atom. The molecule has 0 bridgehead atoms. The summed E-state index contributed by atoms with van der Waals surface area (Å²) >= 11 is 0. The number of benzene rings is 2. The van der Waals surface area contributed by atoms with Crippen molar-refractivity contribution >= 4 is 6.09 Å². The van der Waals surface area contributed by atoms with E-state index >= 15 is 0 Å². The molecule has 1 unspecified atom stereocenters. The van der Waals surface area contributed by atoms with Gasteiger partial charge in [0.25, 0.3) is 5.92 Å². The van der Waals surface area contributed by atoms with Crippen LogP contribution in [0.3, 0.4) is 0 Å². The summed E-state index contributed by atoms with van der Waals surface area (Å²) in [4.78, 5) is 13.7. The van der Waals surface area contributed by atoms with Crippen LogP contribution in [0.1, 0.15) is 23.5 Å². The number of aliphatic hydroxyl groups excluding tert-OH is 1. The predicted octanol–water partition coefficient (Wildman–Crippen LogP) is 3.89. The van der Waals surface area contributed by atoms with Crippen molar-refractivity contribution in [3.63, 3.8) is 0 Å². The van der Waals surface area contributed by atoms with E-state index < -0.39 is 31.0 Å². The zero-order valence-corrected chi connectivity index (χ0v) is 14.8. The molecule has 6 heteroatoms. The molecule has 1 amide bonds. The Labute approximate surface area is 156 Å². The third-order valence-corrected chi connectivity index (χ3v) is 5.57. The van der Waals surface area contributed by atoms with E-state index in [-0.39, 0.29) is 25.6 Å². The maximum absolute atomic E-state index is 13.7. The summed E-state index contributed by atoms with van der Waals surface area (Å²) in [5.41, 5.74) is 4.47. The molecule has 142 valence electrons.